The molecule has 0 amide bonds. The average molecular weight is 326 g/mol. The van der Waals surface area contributed by atoms with E-state index in [2.05, 4.69) is 29.9 Å². The van der Waals surface area contributed by atoms with Crippen LogP contribution >= 0.6 is 0 Å². The third kappa shape index (κ3) is 3.23. The summed E-state index contributed by atoms with van der Waals surface area (Å²) in [7, 11) is 0. The number of hydrogen-bond acceptors (Lipinski definition) is 6. The second-order valence-corrected chi connectivity index (χ2v) is 5.48. The van der Waals surface area contributed by atoms with Gasteiger partial charge in [-0.25, -0.2) is 29.9 Å². The third-order valence-electron chi connectivity index (χ3n) is 3.59. The van der Waals surface area contributed by atoms with Gasteiger partial charge in [0.25, 0.3) is 0 Å². The Bertz CT molecular complexity index is 945. The molecule has 0 saturated heterocycles. The quantitative estimate of drug-likeness (QED) is 0.574. The van der Waals surface area contributed by atoms with E-state index in [4.69, 9.17) is 0 Å². The number of nitrogens with zero attached hydrogens (tertiary/aromatic N) is 6. The largest absolute Gasteiger partial charge is 0.235 e. The lowest BCUT2D eigenvalue weighted by Crippen LogP contribution is -1.99. The summed E-state index contributed by atoms with van der Waals surface area (Å²) in [6.45, 7) is 2.04. The van der Waals surface area contributed by atoms with Gasteiger partial charge in [-0.05, 0) is 31.2 Å². The highest BCUT2D eigenvalue weighted by molar-refractivity contribution is 5.66. The van der Waals surface area contributed by atoms with Crippen LogP contribution in [0.25, 0.3) is 34.4 Å². The standard InChI is InChI=1S/C19H14N6/c1-13-5-2-6-14(11-13)17-24-15(18-20-7-3-8-21-18)12-16(25-17)19-22-9-4-10-23-19/h2-12H,1H3. The fourth-order valence-corrected chi connectivity index (χ4v) is 2.45. The van der Waals surface area contributed by atoms with Crippen molar-refractivity contribution >= 4 is 0 Å². The van der Waals surface area contributed by atoms with Gasteiger partial charge in [0.15, 0.2) is 17.5 Å². The summed E-state index contributed by atoms with van der Waals surface area (Å²) in [4.78, 5) is 26.5. The molecule has 25 heavy (non-hydrogen) atoms. The highest BCUT2D eigenvalue weighted by Gasteiger charge is 2.13. The average Bonchev–Trinajstić information content (AvgIpc) is 2.69. The Morgan fingerprint density at radius 3 is 1.68 bits per heavy atom. The van der Waals surface area contributed by atoms with E-state index in [1.807, 2.05) is 37.3 Å². The van der Waals surface area contributed by atoms with E-state index in [0.29, 0.717) is 28.9 Å². The van der Waals surface area contributed by atoms with E-state index < -0.39 is 0 Å². The van der Waals surface area contributed by atoms with Crippen molar-refractivity contribution in [2.45, 2.75) is 6.92 Å². The molecule has 0 bridgehead atoms. The molecule has 0 radical (unpaired) electrons. The van der Waals surface area contributed by atoms with Crippen molar-refractivity contribution in [3.63, 3.8) is 0 Å². The second-order valence-electron chi connectivity index (χ2n) is 5.48. The Kier molecular flexibility index (Phi) is 3.92. The van der Waals surface area contributed by atoms with E-state index in [-0.39, 0.29) is 0 Å². The van der Waals surface area contributed by atoms with Crippen LogP contribution < -0.4 is 0 Å². The number of rotatable bonds is 3. The van der Waals surface area contributed by atoms with Gasteiger partial charge in [0.05, 0.1) is 0 Å². The van der Waals surface area contributed by atoms with Crippen LogP contribution in [-0.4, -0.2) is 29.9 Å². The van der Waals surface area contributed by atoms with E-state index in [1.165, 1.54) is 0 Å². The second kappa shape index (κ2) is 6.52. The van der Waals surface area contributed by atoms with Gasteiger partial charge in [0, 0.05) is 30.4 Å². The van der Waals surface area contributed by atoms with Gasteiger partial charge in [-0.2, -0.15) is 0 Å². The van der Waals surface area contributed by atoms with Crippen LogP contribution in [0.4, 0.5) is 0 Å². The number of aromatic nitrogens is 6. The van der Waals surface area contributed by atoms with E-state index >= 15 is 0 Å². The molecular weight excluding hydrogens is 312 g/mol. The number of aryl methyl sites for hydroxylation is 1. The molecular formula is C19H14N6. The molecule has 120 valence electrons. The van der Waals surface area contributed by atoms with Crippen molar-refractivity contribution in [3.05, 3.63) is 72.8 Å². The highest BCUT2D eigenvalue weighted by atomic mass is 15.0. The molecule has 0 atom stereocenters. The van der Waals surface area contributed by atoms with Crippen molar-refractivity contribution in [2.75, 3.05) is 0 Å². The molecule has 0 fully saturated rings. The van der Waals surface area contributed by atoms with Crippen LogP contribution in [0.2, 0.25) is 0 Å². The van der Waals surface area contributed by atoms with Crippen LogP contribution in [-0.2, 0) is 0 Å². The van der Waals surface area contributed by atoms with Gasteiger partial charge in [-0.1, -0.05) is 23.8 Å². The lowest BCUT2D eigenvalue weighted by atomic mass is 10.1. The Morgan fingerprint density at radius 2 is 1.16 bits per heavy atom. The lowest BCUT2D eigenvalue weighted by molar-refractivity contribution is 1.08. The molecule has 0 N–H and O–H groups in total. The summed E-state index contributed by atoms with van der Waals surface area (Å²) >= 11 is 0. The normalized spacial score (nSPS) is 10.6. The molecule has 0 saturated carbocycles. The summed E-state index contributed by atoms with van der Waals surface area (Å²) in [5, 5.41) is 0. The van der Waals surface area contributed by atoms with Gasteiger partial charge >= 0.3 is 0 Å². The lowest BCUT2D eigenvalue weighted by Gasteiger charge is -2.07. The highest BCUT2D eigenvalue weighted by Crippen LogP contribution is 2.24. The van der Waals surface area contributed by atoms with Crippen molar-refractivity contribution in [1.29, 1.82) is 0 Å². The number of benzene rings is 1. The number of hydrogen-bond donors (Lipinski definition) is 0. The maximum absolute atomic E-state index is 4.65. The molecule has 0 aliphatic rings. The smallest absolute Gasteiger partial charge is 0.178 e. The molecule has 3 aromatic heterocycles. The van der Waals surface area contributed by atoms with Gasteiger partial charge in [0.2, 0.25) is 0 Å². The Labute approximate surface area is 144 Å². The molecule has 4 rings (SSSR count). The van der Waals surface area contributed by atoms with Crippen molar-refractivity contribution in [2.24, 2.45) is 0 Å². The predicted octanol–water partition coefficient (Wildman–Crippen LogP) is 3.37. The maximum Gasteiger partial charge on any atom is 0.178 e. The van der Waals surface area contributed by atoms with Crippen LogP contribution in [0, 0.1) is 6.92 Å². The third-order valence-corrected chi connectivity index (χ3v) is 3.59. The maximum atomic E-state index is 4.65. The minimum atomic E-state index is 0.538. The summed E-state index contributed by atoms with van der Waals surface area (Å²) < 4.78 is 0. The SMILES string of the molecule is Cc1cccc(-c2nc(-c3ncccn3)cc(-c3ncccn3)n2)c1. The zero-order valence-electron chi connectivity index (χ0n) is 13.5. The topological polar surface area (TPSA) is 77.3 Å². The summed E-state index contributed by atoms with van der Waals surface area (Å²) in [5.74, 6) is 1.67. The van der Waals surface area contributed by atoms with Gasteiger partial charge in [-0.15, -0.1) is 0 Å². The predicted molar refractivity (Wildman–Crippen MR) is 94.3 cm³/mol. The minimum Gasteiger partial charge on any atom is -0.235 e. The fourth-order valence-electron chi connectivity index (χ4n) is 2.45. The minimum absolute atomic E-state index is 0.538. The molecule has 0 aliphatic carbocycles. The zero-order chi connectivity index (χ0) is 17.1. The van der Waals surface area contributed by atoms with Crippen LogP contribution in [0.3, 0.4) is 0 Å². The first kappa shape index (κ1) is 15.0. The van der Waals surface area contributed by atoms with Crippen molar-refractivity contribution in [1.82, 2.24) is 29.9 Å². The first-order chi connectivity index (χ1) is 12.3. The van der Waals surface area contributed by atoms with Crippen LogP contribution in [0.1, 0.15) is 5.56 Å². The van der Waals surface area contributed by atoms with Crippen LogP contribution in [0.5, 0.6) is 0 Å². The summed E-state index contributed by atoms with van der Waals surface area (Å²) in [5.41, 5.74) is 3.33. The molecule has 1 aromatic carbocycles. The summed E-state index contributed by atoms with van der Waals surface area (Å²) in [6, 6.07) is 13.4. The monoisotopic (exact) mass is 326 g/mol. The molecule has 4 aromatic rings. The van der Waals surface area contributed by atoms with E-state index in [1.54, 1.807) is 36.9 Å². The molecule has 0 aliphatic heterocycles. The zero-order valence-corrected chi connectivity index (χ0v) is 13.5. The molecule has 0 unspecified atom stereocenters. The van der Waals surface area contributed by atoms with E-state index in [9.17, 15) is 0 Å². The fraction of sp³-hybridized carbons (Fsp3) is 0.0526. The van der Waals surface area contributed by atoms with Gasteiger partial charge in [-0.3, -0.25) is 0 Å². The first-order valence-electron chi connectivity index (χ1n) is 7.80. The Morgan fingerprint density at radius 1 is 0.600 bits per heavy atom. The summed E-state index contributed by atoms with van der Waals surface area (Å²) in [6.07, 6.45) is 6.76. The van der Waals surface area contributed by atoms with E-state index in [0.717, 1.165) is 11.1 Å². The van der Waals surface area contributed by atoms with Crippen molar-refractivity contribution < 1.29 is 0 Å². The van der Waals surface area contributed by atoms with Gasteiger partial charge < -0.3 is 0 Å². The van der Waals surface area contributed by atoms with Gasteiger partial charge in [0.1, 0.15) is 11.4 Å². The Balaban J connectivity index is 1.92. The molecule has 3 heterocycles. The first-order valence-corrected chi connectivity index (χ1v) is 7.80. The molecule has 6 heteroatoms. The Hall–Kier alpha value is -3.54. The molecule has 6 nitrogen and oxygen atoms in total. The van der Waals surface area contributed by atoms with Crippen LogP contribution in [0.15, 0.2) is 67.3 Å². The van der Waals surface area contributed by atoms with Crippen molar-refractivity contribution in [3.8, 4) is 34.4 Å². The molecule has 0 spiro atoms.